The van der Waals surface area contributed by atoms with Crippen molar-refractivity contribution in [3.8, 4) is 0 Å². The van der Waals surface area contributed by atoms with Crippen LogP contribution in [0.5, 0.6) is 0 Å². The molecule has 0 heterocycles. The Labute approximate surface area is 124 Å². The summed E-state index contributed by atoms with van der Waals surface area (Å²) in [5, 5.41) is 5.73. The zero-order valence-electron chi connectivity index (χ0n) is 12.0. The Morgan fingerprint density at radius 1 is 1.19 bits per heavy atom. The standard InChI is InChI=1S/C16H21N3O2/c17-16(7-2-8-16)10-14(20)18-12-3-1-4-13(9-12)19-15(21)11-5-6-11/h1,3-4,9,11H,2,5-8,10,17H2,(H,18,20)(H,19,21). The highest BCUT2D eigenvalue weighted by Gasteiger charge is 2.34. The van der Waals surface area contributed by atoms with Crippen molar-refractivity contribution in [2.45, 2.75) is 44.1 Å². The van der Waals surface area contributed by atoms with Crippen molar-refractivity contribution in [1.29, 1.82) is 0 Å². The lowest BCUT2D eigenvalue weighted by Crippen LogP contribution is -2.48. The normalized spacial score (nSPS) is 19.5. The van der Waals surface area contributed by atoms with E-state index >= 15 is 0 Å². The van der Waals surface area contributed by atoms with Crippen LogP contribution in [0.1, 0.15) is 38.5 Å². The third-order valence-corrected chi connectivity index (χ3v) is 4.22. The third-order valence-electron chi connectivity index (χ3n) is 4.22. The van der Waals surface area contributed by atoms with E-state index in [0.29, 0.717) is 12.1 Å². The number of rotatable bonds is 5. The summed E-state index contributed by atoms with van der Waals surface area (Å²) >= 11 is 0. The second kappa shape index (κ2) is 5.48. The van der Waals surface area contributed by atoms with Crippen molar-refractivity contribution in [1.82, 2.24) is 0 Å². The molecule has 21 heavy (non-hydrogen) atoms. The lowest BCUT2D eigenvalue weighted by molar-refractivity contribution is -0.118. The van der Waals surface area contributed by atoms with E-state index in [2.05, 4.69) is 10.6 Å². The molecule has 5 nitrogen and oxygen atoms in total. The fourth-order valence-electron chi connectivity index (χ4n) is 2.60. The summed E-state index contributed by atoms with van der Waals surface area (Å²) in [6.45, 7) is 0. The number of hydrogen-bond acceptors (Lipinski definition) is 3. The maximum atomic E-state index is 12.0. The van der Waals surface area contributed by atoms with Crippen LogP contribution in [0.15, 0.2) is 24.3 Å². The fourth-order valence-corrected chi connectivity index (χ4v) is 2.60. The van der Waals surface area contributed by atoms with Crippen LogP contribution in [-0.4, -0.2) is 17.4 Å². The van der Waals surface area contributed by atoms with Gasteiger partial charge < -0.3 is 16.4 Å². The first-order chi connectivity index (χ1) is 10.0. The van der Waals surface area contributed by atoms with Gasteiger partial charge in [0, 0.05) is 29.3 Å². The van der Waals surface area contributed by atoms with Gasteiger partial charge in [-0.1, -0.05) is 6.07 Å². The van der Waals surface area contributed by atoms with Crippen LogP contribution in [0.2, 0.25) is 0 Å². The van der Waals surface area contributed by atoms with Crippen LogP contribution in [0.4, 0.5) is 11.4 Å². The zero-order chi connectivity index (χ0) is 14.9. The first kappa shape index (κ1) is 14.1. The number of hydrogen-bond donors (Lipinski definition) is 3. The van der Waals surface area contributed by atoms with Gasteiger partial charge in [-0.25, -0.2) is 0 Å². The van der Waals surface area contributed by atoms with Crippen molar-refractivity contribution < 1.29 is 9.59 Å². The van der Waals surface area contributed by atoms with Crippen molar-refractivity contribution in [3.63, 3.8) is 0 Å². The predicted octanol–water partition coefficient (Wildman–Crippen LogP) is 2.25. The summed E-state index contributed by atoms with van der Waals surface area (Å²) in [5.41, 5.74) is 7.17. The highest BCUT2D eigenvalue weighted by molar-refractivity contribution is 5.96. The topological polar surface area (TPSA) is 84.2 Å². The highest BCUT2D eigenvalue weighted by Crippen LogP contribution is 2.32. The molecule has 0 unspecified atom stereocenters. The first-order valence-corrected chi connectivity index (χ1v) is 7.54. The highest BCUT2D eigenvalue weighted by atomic mass is 16.2. The minimum atomic E-state index is -0.318. The Morgan fingerprint density at radius 2 is 1.86 bits per heavy atom. The van der Waals surface area contributed by atoms with E-state index in [0.717, 1.165) is 37.8 Å². The van der Waals surface area contributed by atoms with Gasteiger partial charge in [0.25, 0.3) is 0 Å². The smallest absolute Gasteiger partial charge is 0.227 e. The molecule has 2 fully saturated rings. The Morgan fingerprint density at radius 3 is 2.43 bits per heavy atom. The average molecular weight is 287 g/mol. The van der Waals surface area contributed by atoms with Crippen molar-refractivity contribution in [2.75, 3.05) is 10.6 Å². The van der Waals surface area contributed by atoms with E-state index < -0.39 is 0 Å². The number of nitrogens with one attached hydrogen (secondary N) is 2. The molecule has 1 aromatic carbocycles. The summed E-state index contributed by atoms with van der Waals surface area (Å²) in [5.74, 6) is 0.163. The number of nitrogens with two attached hydrogens (primary N) is 1. The van der Waals surface area contributed by atoms with Crippen LogP contribution in [-0.2, 0) is 9.59 Å². The number of anilines is 2. The molecule has 0 aliphatic heterocycles. The van der Waals surface area contributed by atoms with Crippen molar-refractivity contribution in [2.24, 2.45) is 11.7 Å². The van der Waals surface area contributed by atoms with Gasteiger partial charge in [0.05, 0.1) is 0 Å². The number of carbonyl (C=O) groups is 2. The fraction of sp³-hybridized carbons (Fsp3) is 0.500. The molecular weight excluding hydrogens is 266 g/mol. The van der Waals surface area contributed by atoms with E-state index in [1.54, 1.807) is 6.07 Å². The summed E-state index contributed by atoms with van der Waals surface area (Å²) < 4.78 is 0. The zero-order valence-corrected chi connectivity index (χ0v) is 12.0. The number of carbonyl (C=O) groups excluding carboxylic acids is 2. The Bertz CT molecular complexity index is 562. The Kier molecular flexibility index (Phi) is 3.68. The van der Waals surface area contributed by atoms with E-state index in [1.165, 1.54) is 0 Å². The lowest BCUT2D eigenvalue weighted by atomic mass is 9.75. The van der Waals surface area contributed by atoms with Gasteiger partial charge in [0.2, 0.25) is 11.8 Å². The largest absolute Gasteiger partial charge is 0.326 e. The van der Waals surface area contributed by atoms with Gasteiger partial charge in [-0.05, 0) is 50.3 Å². The van der Waals surface area contributed by atoms with E-state index in [4.69, 9.17) is 5.73 Å². The van der Waals surface area contributed by atoms with Crippen LogP contribution in [0, 0.1) is 5.92 Å². The molecular formula is C16H21N3O2. The summed E-state index contributed by atoms with van der Waals surface area (Å²) in [6.07, 6.45) is 5.23. The van der Waals surface area contributed by atoms with Gasteiger partial charge in [-0.2, -0.15) is 0 Å². The van der Waals surface area contributed by atoms with Crippen LogP contribution >= 0.6 is 0 Å². The summed E-state index contributed by atoms with van der Waals surface area (Å²) in [4.78, 5) is 23.7. The molecule has 2 amide bonds. The molecule has 3 rings (SSSR count). The average Bonchev–Trinajstić information content (AvgIpc) is 3.21. The Hall–Kier alpha value is -1.88. The molecule has 0 bridgehead atoms. The molecule has 0 spiro atoms. The Balaban J connectivity index is 1.57. The number of benzene rings is 1. The van der Waals surface area contributed by atoms with Gasteiger partial charge >= 0.3 is 0 Å². The monoisotopic (exact) mass is 287 g/mol. The van der Waals surface area contributed by atoms with E-state index in [9.17, 15) is 9.59 Å². The van der Waals surface area contributed by atoms with Crippen LogP contribution in [0.25, 0.3) is 0 Å². The third kappa shape index (κ3) is 3.61. The molecule has 2 aliphatic carbocycles. The van der Waals surface area contributed by atoms with Crippen LogP contribution in [0.3, 0.4) is 0 Å². The maximum Gasteiger partial charge on any atom is 0.227 e. The summed E-state index contributed by atoms with van der Waals surface area (Å²) in [6, 6.07) is 7.24. The molecule has 0 saturated heterocycles. The van der Waals surface area contributed by atoms with Crippen molar-refractivity contribution >= 4 is 23.2 Å². The molecule has 0 radical (unpaired) electrons. The first-order valence-electron chi connectivity index (χ1n) is 7.54. The van der Waals surface area contributed by atoms with Gasteiger partial charge in [0.15, 0.2) is 0 Å². The van der Waals surface area contributed by atoms with E-state index in [-0.39, 0.29) is 23.3 Å². The second-order valence-corrected chi connectivity index (χ2v) is 6.29. The molecule has 2 saturated carbocycles. The minimum Gasteiger partial charge on any atom is -0.326 e. The molecule has 0 atom stereocenters. The SMILES string of the molecule is NC1(CC(=O)Nc2cccc(NC(=O)C3CC3)c2)CCC1. The molecule has 2 aliphatic rings. The molecule has 1 aromatic rings. The molecule has 0 aromatic heterocycles. The maximum absolute atomic E-state index is 12.0. The van der Waals surface area contributed by atoms with Gasteiger partial charge in [-0.15, -0.1) is 0 Å². The minimum absolute atomic E-state index is 0.0638. The van der Waals surface area contributed by atoms with Crippen molar-refractivity contribution in [3.05, 3.63) is 24.3 Å². The quantitative estimate of drug-likeness (QED) is 0.776. The second-order valence-electron chi connectivity index (χ2n) is 6.29. The molecule has 5 heteroatoms. The van der Waals surface area contributed by atoms with Crippen LogP contribution < -0.4 is 16.4 Å². The molecule has 112 valence electrons. The summed E-state index contributed by atoms with van der Waals surface area (Å²) in [7, 11) is 0. The number of amides is 2. The van der Waals surface area contributed by atoms with E-state index in [1.807, 2.05) is 18.2 Å². The van der Waals surface area contributed by atoms with Gasteiger partial charge in [0.1, 0.15) is 0 Å². The lowest BCUT2D eigenvalue weighted by Gasteiger charge is -2.37. The molecule has 4 N–H and O–H groups in total. The predicted molar refractivity (Wildman–Crippen MR) is 81.8 cm³/mol. The van der Waals surface area contributed by atoms with Gasteiger partial charge in [-0.3, -0.25) is 9.59 Å².